The molecule has 0 radical (unpaired) electrons. The van der Waals surface area contributed by atoms with Gasteiger partial charge in [-0.1, -0.05) is 18.2 Å². The van der Waals surface area contributed by atoms with E-state index in [-0.39, 0.29) is 19.0 Å². The van der Waals surface area contributed by atoms with Crippen molar-refractivity contribution in [1.82, 2.24) is 0 Å². The van der Waals surface area contributed by atoms with Gasteiger partial charge in [-0.2, -0.15) is 0 Å². The number of primary amides is 1. The standard InChI is InChI=1S/C10H13FN2O2/c11-8-4-2-1-3-7(8)5-15-6-9(12)10(13)14/h1-4,9H,5-6,12H2,(H2,13,14). The van der Waals surface area contributed by atoms with Crippen LogP contribution in [0.4, 0.5) is 4.39 Å². The first-order chi connectivity index (χ1) is 7.11. The van der Waals surface area contributed by atoms with E-state index in [0.717, 1.165) is 0 Å². The molecule has 15 heavy (non-hydrogen) atoms. The van der Waals surface area contributed by atoms with E-state index in [0.29, 0.717) is 5.56 Å². The highest BCUT2D eigenvalue weighted by Gasteiger charge is 2.09. The molecule has 0 saturated heterocycles. The van der Waals surface area contributed by atoms with E-state index < -0.39 is 11.9 Å². The fourth-order valence-corrected chi connectivity index (χ4v) is 0.993. The molecular weight excluding hydrogens is 199 g/mol. The molecule has 1 aromatic rings. The molecule has 0 aliphatic carbocycles. The molecule has 82 valence electrons. The molecule has 0 saturated carbocycles. The molecule has 0 aliphatic heterocycles. The van der Waals surface area contributed by atoms with Gasteiger partial charge in [0, 0.05) is 5.56 Å². The van der Waals surface area contributed by atoms with Gasteiger partial charge >= 0.3 is 0 Å². The Morgan fingerprint density at radius 3 is 2.73 bits per heavy atom. The number of rotatable bonds is 5. The van der Waals surface area contributed by atoms with Crippen LogP contribution >= 0.6 is 0 Å². The average molecular weight is 212 g/mol. The lowest BCUT2D eigenvalue weighted by Gasteiger charge is -2.08. The van der Waals surface area contributed by atoms with Gasteiger partial charge in [-0.15, -0.1) is 0 Å². The van der Waals surface area contributed by atoms with Crippen molar-refractivity contribution in [2.75, 3.05) is 6.61 Å². The number of hydrogen-bond acceptors (Lipinski definition) is 3. The number of amides is 1. The molecule has 0 spiro atoms. The van der Waals surface area contributed by atoms with Crippen LogP contribution in [0, 0.1) is 5.82 Å². The summed E-state index contributed by atoms with van der Waals surface area (Å²) in [5.74, 6) is -0.978. The summed E-state index contributed by atoms with van der Waals surface area (Å²) in [7, 11) is 0. The molecule has 0 bridgehead atoms. The maximum atomic E-state index is 13.1. The normalized spacial score (nSPS) is 12.4. The maximum absolute atomic E-state index is 13.1. The van der Waals surface area contributed by atoms with Gasteiger partial charge in [0.05, 0.1) is 13.2 Å². The van der Waals surface area contributed by atoms with Gasteiger partial charge in [0.25, 0.3) is 0 Å². The van der Waals surface area contributed by atoms with Gasteiger partial charge in [-0.05, 0) is 6.07 Å². The van der Waals surface area contributed by atoms with E-state index >= 15 is 0 Å². The zero-order chi connectivity index (χ0) is 11.3. The summed E-state index contributed by atoms with van der Waals surface area (Å²) < 4.78 is 18.1. The molecule has 0 aliphatic rings. The number of nitrogens with two attached hydrogens (primary N) is 2. The minimum atomic E-state index is -0.850. The van der Waals surface area contributed by atoms with Crippen molar-refractivity contribution < 1.29 is 13.9 Å². The molecule has 4 nitrogen and oxygen atoms in total. The Bertz CT molecular complexity index is 344. The molecule has 1 aromatic carbocycles. The molecule has 0 heterocycles. The van der Waals surface area contributed by atoms with Crippen molar-refractivity contribution in [2.45, 2.75) is 12.6 Å². The topological polar surface area (TPSA) is 78.3 Å². The smallest absolute Gasteiger partial charge is 0.236 e. The second-order valence-corrected chi connectivity index (χ2v) is 3.12. The fraction of sp³-hybridized carbons (Fsp3) is 0.300. The molecule has 5 heteroatoms. The van der Waals surface area contributed by atoms with Crippen LogP contribution in [-0.2, 0) is 16.1 Å². The Morgan fingerprint density at radius 1 is 1.47 bits per heavy atom. The summed E-state index contributed by atoms with van der Waals surface area (Å²) in [4.78, 5) is 10.6. The summed E-state index contributed by atoms with van der Waals surface area (Å²) in [6, 6.07) is 5.39. The maximum Gasteiger partial charge on any atom is 0.236 e. The molecule has 1 atom stereocenters. The van der Waals surface area contributed by atoms with Crippen LogP contribution in [0.1, 0.15) is 5.56 Å². The van der Waals surface area contributed by atoms with E-state index in [1.807, 2.05) is 0 Å². The molecule has 0 aromatic heterocycles. The van der Waals surface area contributed by atoms with Crippen LogP contribution in [0.2, 0.25) is 0 Å². The number of benzene rings is 1. The van der Waals surface area contributed by atoms with Gasteiger partial charge in [0.2, 0.25) is 5.91 Å². The first-order valence-electron chi connectivity index (χ1n) is 4.47. The predicted molar refractivity (Wildman–Crippen MR) is 53.2 cm³/mol. The number of hydrogen-bond donors (Lipinski definition) is 2. The summed E-state index contributed by atoms with van der Waals surface area (Å²) in [5.41, 5.74) is 10.7. The predicted octanol–water partition coefficient (Wildman–Crippen LogP) is 0.155. The van der Waals surface area contributed by atoms with Crippen molar-refractivity contribution in [3.8, 4) is 0 Å². The monoisotopic (exact) mass is 212 g/mol. The van der Waals surface area contributed by atoms with Crippen molar-refractivity contribution in [1.29, 1.82) is 0 Å². The Labute approximate surface area is 87.0 Å². The SMILES string of the molecule is NC(=O)C(N)COCc1ccccc1F. The number of carbonyl (C=O) groups is 1. The zero-order valence-corrected chi connectivity index (χ0v) is 8.15. The molecule has 1 rings (SSSR count). The lowest BCUT2D eigenvalue weighted by Crippen LogP contribution is -2.40. The highest BCUT2D eigenvalue weighted by molar-refractivity contribution is 5.79. The average Bonchev–Trinajstić information content (AvgIpc) is 2.20. The number of ether oxygens (including phenoxy) is 1. The van der Waals surface area contributed by atoms with Crippen LogP contribution in [-0.4, -0.2) is 18.6 Å². The van der Waals surface area contributed by atoms with Crippen molar-refractivity contribution in [3.63, 3.8) is 0 Å². The van der Waals surface area contributed by atoms with E-state index in [1.54, 1.807) is 18.2 Å². The van der Waals surface area contributed by atoms with Crippen molar-refractivity contribution in [3.05, 3.63) is 35.6 Å². The molecule has 4 N–H and O–H groups in total. The minimum Gasteiger partial charge on any atom is -0.374 e. The third-order valence-electron chi connectivity index (χ3n) is 1.88. The first kappa shape index (κ1) is 11.6. The van der Waals surface area contributed by atoms with Crippen LogP contribution < -0.4 is 11.5 Å². The van der Waals surface area contributed by atoms with Gasteiger partial charge < -0.3 is 16.2 Å². The summed E-state index contributed by atoms with van der Waals surface area (Å²) in [6.45, 7) is 0.0668. The Morgan fingerprint density at radius 2 is 2.13 bits per heavy atom. The first-order valence-corrected chi connectivity index (χ1v) is 4.47. The van der Waals surface area contributed by atoms with Crippen molar-refractivity contribution in [2.24, 2.45) is 11.5 Å². The molecule has 1 unspecified atom stereocenters. The van der Waals surface area contributed by atoms with Gasteiger partial charge in [-0.25, -0.2) is 4.39 Å². The summed E-state index contributed by atoms with van der Waals surface area (Å²) >= 11 is 0. The minimum absolute atomic E-state index is 0.0103. The van der Waals surface area contributed by atoms with E-state index in [9.17, 15) is 9.18 Å². The molecule has 0 fully saturated rings. The highest BCUT2D eigenvalue weighted by atomic mass is 19.1. The fourth-order valence-electron chi connectivity index (χ4n) is 0.993. The van der Waals surface area contributed by atoms with Crippen LogP contribution in [0.15, 0.2) is 24.3 Å². The van der Waals surface area contributed by atoms with Gasteiger partial charge in [-0.3, -0.25) is 4.79 Å². The second kappa shape index (κ2) is 5.43. The largest absolute Gasteiger partial charge is 0.374 e. The lowest BCUT2D eigenvalue weighted by molar-refractivity contribution is -0.120. The summed E-state index contributed by atoms with van der Waals surface area (Å²) in [6.07, 6.45) is 0. The van der Waals surface area contributed by atoms with Gasteiger partial charge in [0.15, 0.2) is 0 Å². The van der Waals surface area contributed by atoms with Crippen molar-refractivity contribution >= 4 is 5.91 Å². The van der Waals surface area contributed by atoms with E-state index in [2.05, 4.69) is 0 Å². The zero-order valence-electron chi connectivity index (χ0n) is 8.15. The molecule has 1 amide bonds. The summed E-state index contributed by atoms with van der Waals surface area (Å²) in [5, 5.41) is 0. The number of halogens is 1. The highest BCUT2D eigenvalue weighted by Crippen LogP contribution is 2.07. The third-order valence-corrected chi connectivity index (χ3v) is 1.88. The lowest BCUT2D eigenvalue weighted by atomic mass is 10.2. The van der Waals surface area contributed by atoms with E-state index in [4.69, 9.17) is 16.2 Å². The van der Waals surface area contributed by atoms with Gasteiger partial charge in [0.1, 0.15) is 11.9 Å². The Balaban J connectivity index is 2.38. The third kappa shape index (κ3) is 3.65. The Kier molecular flexibility index (Phi) is 4.20. The second-order valence-electron chi connectivity index (χ2n) is 3.12. The van der Waals surface area contributed by atoms with Crippen LogP contribution in [0.3, 0.4) is 0 Å². The van der Waals surface area contributed by atoms with Crippen LogP contribution in [0.25, 0.3) is 0 Å². The van der Waals surface area contributed by atoms with Crippen LogP contribution in [0.5, 0.6) is 0 Å². The van der Waals surface area contributed by atoms with E-state index in [1.165, 1.54) is 6.07 Å². The Hall–Kier alpha value is -1.46. The quantitative estimate of drug-likeness (QED) is 0.729. The number of carbonyl (C=O) groups excluding carboxylic acids is 1. The molecular formula is C10H13FN2O2.